The van der Waals surface area contributed by atoms with E-state index in [4.69, 9.17) is 5.73 Å². The predicted molar refractivity (Wildman–Crippen MR) is 65.1 cm³/mol. The van der Waals surface area contributed by atoms with Crippen LogP contribution in [0.3, 0.4) is 0 Å². The van der Waals surface area contributed by atoms with Crippen molar-refractivity contribution in [3.63, 3.8) is 0 Å². The molecular weight excluding hydrogens is 260 g/mol. The topological polar surface area (TPSA) is 98.0 Å². The molecule has 0 fully saturated rings. The summed E-state index contributed by atoms with van der Waals surface area (Å²) in [4.78, 5) is 0.803. The zero-order chi connectivity index (χ0) is 12.3. The van der Waals surface area contributed by atoms with Crippen molar-refractivity contribution in [3.8, 4) is 0 Å². The molecule has 2 aromatic heterocycles. The van der Waals surface area contributed by atoms with Gasteiger partial charge in [0.05, 0.1) is 0 Å². The molecule has 0 aromatic carbocycles. The fourth-order valence-electron chi connectivity index (χ4n) is 1.27. The summed E-state index contributed by atoms with van der Waals surface area (Å²) in [7, 11) is -3.63. The lowest BCUT2D eigenvalue weighted by Crippen LogP contribution is -2.15. The number of nitrogens with one attached hydrogen (secondary N) is 1. The molecule has 0 radical (unpaired) electrons. The standard InChI is InChI=1S/C9H10N4O2S2/c10-6-7-8(3-5-16-7)17(14,15)13-9-2-1-4-11-12-9/h1-5H,6,10H2,(H,12,13). The normalized spacial score (nSPS) is 11.4. The molecule has 17 heavy (non-hydrogen) atoms. The van der Waals surface area contributed by atoms with Crippen LogP contribution in [0.25, 0.3) is 0 Å². The van der Waals surface area contributed by atoms with Crippen LogP contribution in [-0.4, -0.2) is 18.6 Å². The third-order valence-corrected chi connectivity index (χ3v) is 4.50. The van der Waals surface area contributed by atoms with Crippen molar-refractivity contribution in [2.24, 2.45) is 5.73 Å². The van der Waals surface area contributed by atoms with Crippen molar-refractivity contribution in [2.75, 3.05) is 4.72 Å². The minimum absolute atomic E-state index is 0.182. The second kappa shape index (κ2) is 4.78. The highest BCUT2D eigenvalue weighted by Gasteiger charge is 2.19. The molecule has 0 aliphatic carbocycles. The van der Waals surface area contributed by atoms with Gasteiger partial charge in [-0.1, -0.05) is 0 Å². The van der Waals surface area contributed by atoms with E-state index in [0.29, 0.717) is 4.88 Å². The van der Waals surface area contributed by atoms with E-state index < -0.39 is 10.0 Å². The van der Waals surface area contributed by atoms with Crippen LogP contribution in [0.4, 0.5) is 5.82 Å². The fourth-order valence-corrected chi connectivity index (χ4v) is 3.60. The van der Waals surface area contributed by atoms with Gasteiger partial charge in [0.15, 0.2) is 5.82 Å². The Hall–Kier alpha value is -1.51. The van der Waals surface area contributed by atoms with E-state index >= 15 is 0 Å². The maximum atomic E-state index is 12.0. The Morgan fingerprint density at radius 1 is 1.41 bits per heavy atom. The molecular formula is C9H10N4O2S2. The lowest BCUT2D eigenvalue weighted by atomic mass is 10.5. The van der Waals surface area contributed by atoms with Crippen molar-refractivity contribution in [1.29, 1.82) is 0 Å². The zero-order valence-electron chi connectivity index (χ0n) is 8.70. The highest BCUT2D eigenvalue weighted by Crippen LogP contribution is 2.22. The van der Waals surface area contributed by atoms with Crippen LogP contribution in [-0.2, 0) is 16.6 Å². The Labute approximate surface area is 103 Å². The largest absolute Gasteiger partial charge is 0.326 e. The van der Waals surface area contributed by atoms with E-state index in [-0.39, 0.29) is 17.3 Å². The van der Waals surface area contributed by atoms with Crippen molar-refractivity contribution >= 4 is 27.2 Å². The molecule has 8 heteroatoms. The number of anilines is 1. The fraction of sp³-hybridized carbons (Fsp3) is 0.111. The summed E-state index contributed by atoms with van der Waals surface area (Å²) in [5, 5.41) is 8.94. The van der Waals surface area contributed by atoms with Crippen LogP contribution in [0.15, 0.2) is 34.7 Å². The molecule has 90 valence electrons. The molecule has 2 heterocycles. The van der Waals surface area contributed by atoms with Crippen LogP contribution in [0.2, 0.25) is 0 Å². The van der Waals surface area contributed by atoms with Crippen molar-refractivity contribution in [2.45, 2.75) is 11.4 Å². The third-order valence-electron chi connectivity index (χ3n) is 1.99. The highest BCUT2D eigenvalue weighted by atomic mass is 32.2. The smallest absolute Gasteiger partial charge is 0.264 e. The molecule has 0 amide bonds. The molecule has 0 aliphatic heterocycles. The number of rotatable bonds is 4. The number of hydrogen-bond donors (Lipinski definition) is 2. The van der Waals surface area contributed by atoms with Crippen LogP contribution in [0, 0.1) is 0 Å². The Morgan fingerprint density at radius 3 is 2.88 bits per heavy atom. The highest BCUT2D eigenvalue weighted by molar-refractivity contribution is 7.92. The first kappa shape index (κ1) is 12.0. The molecule has 0 spiro atoms. The summed E-state index contributed by atoms with van der Waals surface area (Å²) in [6.07, 6.45) is 1.47. The first-order chi connectivity index (χ1) is 8.13. The Morgan fingerprint density at radius 2 is 2.24 bits per heavy atom. The van der Waals surface area contributed by atoms with E-state index in [0.717, 1.165) is 0 Å². The molecule has 0 saturated heterocycles. The van der Waals surface area contributed by atoms with Gasteiger partial charge in [-0.25, -0.2) is 8.42 Å². The number of hydrogen-bond acceptors (Lipinski definition) is 6. The number of aromatic nitrogens is 2. The van der Waals surface area contributed by atoms with Gasteiger partial charge >= 0.3 is 0 Å². The third kappa shape index (κ3) is 2.60. The van der Waals surface area contributed by atoms with Gasteiger partial charge in [0.25, 0.3) is 10.0 Å². The minimum Gasteiger partial charge on any atom is -0.326 e. The van der Waals surface area contributed by atoms with Gasteiger partial charge in [-0.3, -0.25) is 4.72 Å². The van der Waals surface area contributed by atoms with Gasteiger partial charge in [0.2, 0.25) is 0 Å². The Bertz CT molecular complexity index is 594. The first-order valence-electron chi connectivity index (χ1n) is 4.70. The van der Waals surface area contributed by atoms with Crippen molar-refractivity contribution in [1.82, 2.24) is 10.2 Å². The Balaban J connectivity index is 2.32. The second-order valence-electron chi connectivity index (χ2n) is 3.13. The van der Waals surface area contributed by atoms with Crippen LogP contribution < -0.4 is 10.5 Å². The predicted octanol–water partition coefficient (Wildman–Crippen LogP) is 0.798. The second-order valence-corrected chi connectivity index (χ2v) is 5.78. The number of nitrogens with two attached hydrogens (primary N) is 1. The summed E-state index contributed by atoms with van der Waals surface area (Å²) in [6, 6.07) is 4.65. The van der Waals surface area contributed by atoms with E-state index in [9.17, 15) is 8.42 Å². The molecule has 0 saturated carbocycles. The van der Waals surface area contributed by atoms with Crippen molar-refractivity contribution in [3.05, 3.63) is 34.7 Å². The maximum Gasteiger partial charge on any atom is 0.264 e. The van der Waals surface area contributed by atoms with Crippen LogP contribution >= 0.6 is 11.3 Å². The molecule has 2 aromatic rings. The summed E-state index contributed by atoms with van der Waals surface area (Å²) < 4.78 is 26.4. The lowest BCUT2D eigenvalue weighted by Gasteiger charge is -2.06. The molecule has 3 N–H and O–H groups in total. The van der Waals surface area contributed by atoms with E-state index in [1.165, 1.54) is 29.7 Å². The molecule has 0 aliphatic rings. The quantitative estimate of drug-likeness (QED) is 0.856. The maximum absolute atomic E-state index is 12.0. The molecule has 0 bridgehead atoms. The summed E-state index contributed by atoms with van der Waals surface area (Å²) >= 11 is 1.31. The molecule has 2 rings (SSSR count). The summed E-state index contributed by atoms with van der Waals surface area (Å²) in [6.45, 7) is 0.189. The Kier molecular flexibility index (Phi) is 3.36. The molecule has 6 nitrogen and oxygen atoms in total. The lowest BCUT2D eigenvalue weighted by molar-refractivity contribution is 0.600. The van der Waals surface area contributed by atoms with E-state index in [1.54, 1.807) is 11.4 Å². The average molecular weight is 270 g/mol. The number of sulfonamides is 1. The van der Waals surface area contributed by atoms with Crippen molar-refractivity contribution < 1.29 is 8.42 Å². The van der Waals surface area contributed by atoms with E-state index in [1.807, 2.05) is 0 Å². The first-order valence-corrected chi connectivity index (χ1v) is 7.07. The van der Waals surface area contributed by atoms with Gasteiger partial charge in [-0.2, -0.15) is 5.10 Å². The molecule has 0 atom stereocenters. The molecule has 0 unspecified atom stereocenters. The van der Waals surface area contributed by atoms with Gasteiger partial charge in [-0.05, 0) is 23.6 Å². The zero-order valence-corrected chi connectivity index (χ0v) is 10.3. The van der Waals surface area contributed by atoms with Gasteiger partial charge < -0.3 is 5.73 Å². The van der Waals surface area contributed by atoms with Gasteiger partial charge in [-0.15, -0.1) is 16.4 Å². The number of nitrogens with zero attached hydrogens (tertiary/aromatic N) is 2. The van der Waals surface area contributed by atoms with Gasteiger partial charge in [0, 0.05) is 17.6 Å². The monoisotopic (exact) mass is 270 g/mol. The van der Waals surface area contributed by atoms with Crippen LogP contribution in [0.5, 0.6) is 0 Å². The SMILES string of the molecule is NCc1sccc1S(=O)(=O)Nc1cccnn1. The van der Waals surface area contributed by atoms with E-state index in [2.05, 4.69) is 14.9 Å². The summed E-state index contributed by atoms with van der Waals surface area (Å²) in [5.74, 6) is 0.182. The summed E-state index contributed by atoms with van der Waals surface area (Å²) in [5.41, 5.74) is 5.48. The average Bonchev–Trinajstić information content (AvgIpc) is 2.78. The van der Waals surface area contributed by atoms with Gasteiger partial charge in [0.1, 0.15) is 4.90 Å². The van der Waals surface area contributed by atoms with Crippen LogP contribution in [0.1, 0.15) is 4.88 Å². The number of thiophene rings is 1. The minimum atomic E-state index is -3.63.